The number of rotatable bonds is 11. The maximum absolute atomic E-state index is 13.7. The van der Waals surface area contributed by atoms with Crippen LogP contribution in [0.15, 0.2) is 58.7 Å². The molecule has 0 radical (unpaired) electrons. The summed E-state index contributed by atoms with van der Waals surface area (Å²) in [6.07, 6.45) is 1.66. The smallest absolute Gasteiger partial charge is 0.336 e. The van der Waals surface area contributed by atoms with Crippen LogP contribution < -0.4 is 10.6 Å². The van der Waals surface area contributed by atoms with E-state index in [0.29, 0.717) is 22.5 Å². The zero-order chi connectivity index (χ0) is 33.4. The van der Waals surface area contributed by atoms with Crippen LogP contribution in [0, 0.1) is 12.8 Å². The number of hydrogen-bond acceptors (Lipinski definition) is 9. The SMILES string of the molecule is Cc1cc(Nc2nc(Sc3ccc(NC(=O)C[N+]4(COP(=O)(O)O)CC[C@@H](C(=O)N5CCC(F)(F)C5)C4)cc3)nn3cccc23)n[nH]1. The molecular weight excluding hydrogens is 659 g/mol. The lowest BCUT2D eigenvalue weighted by Gasteiger charge is -2.33. The molecule has 5 N–H and O–H groups in total. The highest BCUT2D eigenvalue weighted by Gasteiger charge is 2.48. The Labute approximate surface area is 271 Å². The molecule has 2 fully saturated rings. The fourth-order valence-electron chi connectivity index (χ4n) is 5.84. The zero-order valence-electron chi connectivity index (χ0n) is 25.2. The molecule has 15 nitrogen and oxygen atoms in total. The Morgan fingerprint density at radius 2 is 2.04 bits per heavy atom. The van der Waals surface area contributed by atoms with Gasteiger partial charge < -0.3 is 25.3 Å². The first kappa shape index (κ1) is 33.0. The minimum absolute atomic E-state index is 0.0201. The van der Waals surface area contributed by atoms with Crippen LogP contribution >= 0.6 is 19.6 Å². The summed E-state index contributed by atoms with van der Waals surface area (Å²) in [5.74, 6) is -3.35. The van der Waals surface area contributed by atoms with Crippen LogP contribution in [0.1, 0.15) is 18.5 Å². The molecule has 0 spiro atoms. The Kier molecular flexibility index (Phi) is 9.08. The van der Waals surface area contributed by atoms with Gasteiger partial charge in [0.2, 0.25) is 11.1 Å². The Morgan fingerprint density at radius 3 is 2.72 bits per heavy atom. The third-order valence-corrected chi connectivity index (χ3v) is 9.36. The van der Waals surface area contributed by atoms with Crippen LogP contribution in [0.4, 0.5) is 26.1 Å². The van der Waals surface area contributed by atoms with Gasteiger partial charge >= 0.3 is 7.82 Å². The summed E-state index contributed by atoms with van der Waals surface area (Å²) in [6, 6.07) is 12.6. The van der Waals surface area contributed by atoms with Gasteiger partial charge in [0.1, 0.15) is 5.52 Å². The van der Waals surface area contributed by atoms with Gasteiger partial charge in [-0.1, -0.05) is 0 Å². The van der Waals surface area contributed by atoms with Crippen LogP contribution in [0.2, 0.25) is 0 Å². The highest BCUT2D eigenvalue weighted by molar-refractivity contribution is 7.99. The van der Waals surface area contributed by atoms with E-state index in [1.807, 2.05) is 31.3 Å². The lowest BCUT2D eigenvalue weighted by Crippen LogP contribution is -2.52. The molecule has 250 valence electrons. The highest BCUT2D eigenvalue weighted by atomic mass is 32.2. The van der Waals surface area contributed by atoms with E-state index in [-0.39, 0.29) is 37.1 Å². The topological polar surface area (TPSA) is 187 Å². The third-order valence-electron chi connectivity index (χ3n) is 8.04. The van der Waals surface area contributed by atoms with Gasteiger partial charge in [0.15, 0.2) is 24.9 Å². The number of alkyl halides is 2. The average Bonchev–Trinajstić information content (AvgIpc) is 3.80. The van der Waals surface area contributed by atoms with Crippen LogP contribution in [0.5, 0.6) is 0 Å². The standard InChI is InChI=1S/C28H32F2N9O6PS/c1-18-13-23(35-34-18)32-25-22-3-2-10-38(22)36-27(33-25)47-21-6-4-20(5-7-21)31-24(40)15-39(17-45-46(42,43)44)12-8-19(14-39)26(41)37-11-9-28(29,30)16-37/h2-7,10,13,19H,8-9,11-12,14-17H2,1H3,(H4-,31,32,33,34,35,36,40,42,43,44)/p+1/t19-,39?/m1/s1. The molecule has 2 atom stereocenters. The van der Waals surface area contributed by atoms with Crippen molar-refractivity contribution in [3.05, 3.63) is 54.4 Å². The van der Waals surface area contributed by atoms with Crippen molar-refractivity contribution in [1.82, 2.24) is 29.7 Å². The number of hydrogen-bond donors (Lipinski definition) is 5. The van der Waals surface area contributed by atoms with Gasteiger partial charge in [-0.15, -0.1) is 5.10 Å². The second-order valence-electron chi connectivity index (χ2n) is 11.8. The van der Waals surface area contributed by atoms with Crippen molar-refractivity contribution in [3.8, 4) is 0 Å². The largest absolute Gasteiger partial charge is 0.474 e. The minimum atomic E-state index is -4.88. The average molecular weight is 693 g/mol. The number of phosphoric acid groups is 1. The maximum Gasteiger partial charge on any atom is 0.474 e. The number of fused-ring (bicyclic) bond motifs is 1. The molecule has 2 aliphatic rings. The molecule has 19 heteroatoms. The number of likely N-dealkylation sites (tertiary alicyclic amines) is 2. The second kappa shape index (κ2) is 12.9. The number of carbonyl (C=O) groups is 2. The molecule has 5 heterocycles. The summed E-state index contributed by atoms with van der Waals surface area (Å²) in [5, 5.41) is 18.1. The first-order valence-corrected chi connectivity index (χ1v) is 17.0. The van der Waals surface area contributed by atoms with E-state index in [9.17, 15) is 32.7 Å². The molecule has 2 aliphatic heterocycles. The summed E-state index contributed by atoms with van der Waals surface area (Å²) in [5.41, 5.74) is 2.14. The number of aromatic nitrogens is 5. The Hall–Kier alpha value is -3.93. The predicted octanol–water partition coefficient (Wildman–Crippen LogP) is 3.37. The fraction of sp³-hybridized carbons (Fsp3) is 0.393. The van der Waals surface area contributed by atoms with Gasteiger partial charge in [-0.25, -0.2) is 27.4 Å². The van der Waals surface area contributed by atoms with E-state index < -0.39 is 51.2 Å². The number of halogens is 2. The number of nitrogens with zero attached hydrogens (tertiary/aromatic N) is 6. The number of aryl methyl sites for hydroxylation is 1. The molecule has 2 saturated heterocycles. The van der Waals surface area contributed by atoms with Crippen LogP contribution in [0.25, 0.3) is 5.52 Å². The quantitative estimate of drug-likeness (QED) is 0.115. The van der Waals surface area contributed by atoms with Gasteiger partial charge in [-0.2, -0.15) is 5.10 Å². The molecular formula is C28H33F2N9O6PS+. The summed E-state index contributed by atoms with van der Waals surface area (Å²) < 4.78 is 45.2. The molecule has 0 bridgehead atoms. The number of aromatic amines is 1. The number of anilines is 3. The summed E-state index contributed by atoms with van der Waals surface area (Å²) in [6.45, 7) is 0.630. The zero-order valence-corrected chi connectivity index (χ0v) is 26.9. The maximum atomic E-state index is 13.7. The molecule has 47 heavy (non-hydrogen) atoms. The van der Waals surface area contributed by atoms with Gasteiger partial charge in [0.25, 0.3) is 11.8 Å². The van der Waals surface area contributed by atoms with Gasteiger partial charge in [0, 0.05) is 47.9 Å². The van der Waals surface area contributed by atoms with Gasteiger partial charge in [-0.05, 0) is 55.1 Å². The van der Waals surface area contributed by atoms with E-state index in [1.54, 1.807) is 28.8 Å². The molecule has 3 aromatic heterocycles. The molecule has 2 amide bonds. The molecule has 4 aromatic rings. The summed E-state index contributed by atoms with van der Waals surface area (Å²) in [7, 11) is -4.88. The highest BCUT2D eigenvalue weighted by Crippen LogP contribution is 2.39. The van der Waals surface area contributed by atoms with E-state index in [2.05, 4.69) is 30.9 Å². The lowest BCUT2D eigenvalue weighted by molar-refractivity contribution is -0.925. The van der Waals surface area contributed by atoms with Gasteiger partial charge in [-0.3, -0.25) is 19.2 Å². The van der Waals surface area contributed by atoms with Crippen molar-refractivity contribution >= 4 is 54.2 Å². The number of benzene rings is 1. The van der Waals surface area contributed by atoms with Crippen molar-refractivity contribution < 1.29 is 41.7 Å². The molecule has 0 aliphatic carbocycles. The summed E-state index contributed by atoms with van der Waals surface area (Å²) >= 11 is 1.31. The first-order valence-electron chi connectivity index (χ1n) is 14.7. The van der Waals surface area contributed by atoms with Crippen molar-refractivity contribution in [2.24, 2.45) is 5.92 Å². The van der Waals surface area contributed by atoms with E-state index in [1.165, 1.54) is 11.8 Å². The Morgan fingerprint density at radius 1 is 1.26 bits per heavy atom. The van der Waals surface area contributed by atoms with E-state index >= 15 is 0 Å². The van der Waals surface area contributed by atoms with Crippen molar-refractivity contribution in [2.75, 3.05) is 50.1 Å². The number of H-pyrrole nitrogens is 1. The molecule has 1 aromatic carbocycles. The normalized spacial score (nSPS) is 21.0. The third kappa shape index (κ3) is 8.14. The molecule has 1 unspecified atom stereocenters. The first-order chi connectivity index (χ1) is 22.2. The van der Waals surface area contributed by atoms with Crippen LogP contribution in [-0.4, -0.2) is 101 Å². The number of amides is 2. The van der Waals surface area contributed by atoms with Crippen LogP contribution in [0.3, 0.4) is 0 Å². The van der Waals surface area contributed by atoms with Crippen LogP contribution in [-0.2, 0) is 18.7 Å². The van der Waals surface area contributed by atoms with Crippen molar-refractivity contribution in [3.63, 3.8) is 0 Å². The van der Waals surface area contributed by atoms with E-state index in [0.717, 1.165) is 21.0 Å². The molecule has 0 saturated carbocycles. The lowest BCUT2D eigenvalue weighted by atomic mass is 10.1. The Balaban J connectivity index is 1.10. The van der Waals surface area contributed by atoms with E-state index in [4.69, 9.17) is 4.52 Å². The second-order valence-corrected chi connectivity index (χ2v) is 14.1. The predicted molar refractivity (Wildman–Crippen MR) is 166 cm³/mol. The fourth-order valence-corrected chi connectivity index (χ4v) is 6.98. The van der Waals surface area contributed by atoms with Crippen molar-refractivity contribution in [2.45, 2.75) is 35.7 Å². The number of phosphoric ester groups is 1. The summed E-state index contributed by atoms with van der Waals surface area (Å²) in [4.78, 5) is 51.4. The minimum Gasteiger partial charge on any atom is -0.336 e. The van der Waals surface area contributed by atoms with Gasteiger partial charge in [0.05, 0.1) is 25.6 Å². The monoisotopic (exact) mass is 692 g/mol. The number of quaternary nitrogens is 1. The van der Waals surface area contributed by atoms with Crippen molar-refractivity contribution in [1.29, 1.82) is 0 Å². The number of nitrogens with one attached hydrogen (secondary N) is 3. The number of carbonyl (C=O) groups excluding carboxylic acids is 2. The Bertz CT molecular complexity index is 1830. The molecule has 6 rings (SSSR count).